The lowest BCUT2D eigenvalue weighted by atomic mass is 10.0. The first kappa shape index (κ1) is 28.5. The number of benzene rings is 1. The molecule has 4 heteroatoms. The normalized spacial score (nSPS) is 11.2. The van der Waals surface area contributed by atoms with Gasteiger partial charge in [-0.1, -0.05) is 89.0 Å². The van der Waals surface area contributed by atoms with Crippen LogP contribution in [0.4, 0.5) is 0 Å². The van der Waals surface area contributed by atoms with Gasteiger partial charge < -0.3 is 9.47 Å². The third-order valence-electron chi connectivity index (χ3n) is 6.33. The zero-order valence-electron chi connectivity index (χ0n) is 21.9. The van der Waals surface area contributed by atoms with Gasteiger partial charge in [-0.3, -0.25) is 0 Å². The van der Waals surface area contributed by atoms with Crippen LogP contribution >= 0.6 is 0 Å². The van der Waals surface area contributed by atoms with Gasteiger partial charge in [-0.25, -0.2) is 9.97 Å². The van der Waals surface area contributed by atoms with Crippen LogP contribution in [0.15, 0.2) is 36.7 Å². The number of unbranched alkanes of at least 4 members (excludes halogenated alkanes) is 10. The molecule has 0 amide bonds. The molecule has 0 aliphatic rings. The number of aryl methyl sites for hydroxylation is 2. The first-order valence-electron chi connectivity index (χ1n) is 13.9. The van der Waals surface area contributed by atoms with Crippen molar-refractivity contribution in [1.82, 2.24) is 9.97 Å². The first-order chi connectivity index (χ1) is 16.8. The Kier molecular flexibility index (Phi) is 16.3. The van der Waals surface area contributed by atoms with E-state index in [1.165, 1.54) is 81.8 Å². The SMILES string of the molecule is CCCCCCCCCCc1ccc(-c2cnc(CCCCCCOCCOCC)nc2)cc1. The third-order valence-corrected chi connectivity index (χ3v) is 6.33. The Bertz CT molecular complexity index is 716. The van der Waals surface area contributed by atoms with Crippen molar-refractivity contribution >= 4 is 0 Å². The van der Waals surface area contributed by atoms with Gasteiger partial charge in [-0.2, -0.15) is 0 Å². The van der Waals surface area contributed by atoms with E-state index in [0.717, 1.165) is 43.9 Å². The van der Waals surface area contributed by atoms with E-state index in [4.69, 9.17) is 9.47 Å². The topological polar surface area (TPSA) is 44.2 Å². The Morgan fingerprint density at radius 1 is 0.559 bits per heavy atom. The number of nitrogens with zero attached hydrogens (tertiary/aromatic N) is 2. The number of aromatic nitrogens is 2. The van der Waals surface area contributed by atoms with Crippen LogP contribution in [-0.4, -0.2) is 36.4 Å². The van der Waals surface area contributed by atoms with Gasteiger partial charge in [0.2, 0.25) is 0 Å². The maximum absolute atomic E-state index is 5.56. The predicted octanol–water partition coefficient (Wildman–Crippen LogP) is 7.98. The summed E-state index contributed by atoms with van der Waals surface area (Å²) in [5.41, 5.74) is 3.74. The molecule has 0 saturated heterocycles. The standard InChI is InChI=1S/C30H48N2O2/c1-3-5-6-7-8-9-10-13-16-27-18-20-28(21-19-27)29-25-31-30(32-26-29)17-14-11-12-15-22-34-24-23-33-4-2/h18-21,25-26H,3-17,22-24H2,1-2H3. The van der Waals surface area contributed by atoms with Crippen molar-refractivity contribution in [2.75, 3.05) is 26.4 Å². The lowest BCUT2D eigenvalue weighted by Crippen LogP contribution is -2.04. The zero-order valence-corrected chi connectivity index (χ0v) is 21.9. The molecule has 0 radical (unpaired) electrons. The summed E-state index contributed by atoms with van der Waals surface area (Å²) in [5.74, 6) is 0.947. The van der Waals surface area contributed by atoms with Crippen molar-refractivity contribution in [3.8, 4) is 11.1 Å². The highest BCUT2D eigenvalue weighted by molar-refractivity contribution is 5.61. The van der Waals surface area contributed by atoms with Gasteiger partial charge in [0.1, 0.15) is 5.82 Å². The molecule has 0 aliphatic heterocycles. The maximum atomic E-state index is 5.56. The minimum Gasteiger partial charge on any atom is -0.379 e. The largest absolute Gasteiger partial charge is 0.379 e. The molecule has 0 aliphatic carbocycles. The van der Waals surface area contributed by atoms with Crippen molar-refractivity contribution in [1.29, 1.82) is 0 Å². The van der Waals surface area contributed by atoms with Gasteiger partial charge in [0.15, 0.2) is 0 Å². The maximum Gasteiger partial charge on any atom is 0.128 e. The zero-order chi connectivity index (χ0) is 24.1. The van der Waals surface area contributed by atoms with Crippen molar-refractivity contribution < 1.29 is 9.47 Å². The molecular formula is C30H48N2O2. The summed E-state index contributed by atoms with van der Waals surface area (Å²) in [6.45, 7) is 7.28. The summed E-state index contributed by atoms with van der Waals surface area (Å²) in [7, 11) is 0. The summed E-state index contributed by atoms with van der Waals surface area (Å²) in [6, 6.07) is 8.97. The summed E-state index contributed by atoms with van der Waals surface area (Å²) in [4.78, 5) is 9.20. The Morgan fingerprint density at radius 2 is 1.15 bits per heavy atom. The second-order valence-electron chi connectivity index (χ2n) is 9.28. The number of rotatable bonds is 21. The van der Waals surface area contributed by atoms with E-state index in [2.05, 4.69) is 41.2 Å². The lowest BCUT2D eigenvalue weighted by molar-refractivity contribution is 0.0512. The minimum atomic E-state index is 0.702. The van der Waals surface area contributed by atoms with E-state index >= 15 is 0 Å². The fraction of sp³-hybridized carbons (Fsp3) is 0.667. The van der Waals surface area contributed by atoms with Crippen LogP contribution in [0.5, 0.6) is 0 Å². The predicted molar refractivity (Wildman–Crippen MR) is 143 cm³/mol. The Hall–Kier alpha value is -1.78. The molecule has 0 fully saturated rings. The number of hydrogen-bond donors (Lipinski definition) is 0. The van der Waals surface area contributed by atoms with Crippen LogP contribution in [0.3, 0.4) is 0 Å². The van der Waals surface area contributed by atoms with Crippen LogP contribution in [-0.2, 0) is 22.3 Å². The van der Waals surface area contributed by atoms with E-state index < -0.39 is 0 Å². The number of ether oxygens (including phenoxy) is 2. The Morgan fingerprint density at radius 3 is 1.82 bits per heavy atom. The Balaban J connectivity index is 1.56. The third kappa shape index (κ3) is 13.2. The molecule has 1 aromatic heterocycles. The smallest absolute Gasteiger partial charge is 0.128 e. The van der Waals surface area contributed by atoms with Gasteiger partial charge in [-0.05, 0) is 43.7 Å². The van der Waals surface area contributed by atoms with Crippen LogP contribution in [0.25, 0.3) is 11.1 Å². The molecule has 0 spiro atoms. The van der Waals surface area contributed by atoms with E-state index in [1.807, 2.05) is 19.3 Å². The van der Waals surface area contributed by atoms with E-state index in [0.29, 0.717) is 13.2 Å². The van der Waals surface area contributed by atoms with E-state index in [-0.39, 0.29) is 0 Å². The van der Waals surface area contributed by atoms with E-state index in [9.17, 15) is 0 Å². The van der Waals surface area contributed by atoms with Crippen LogP contribution in [0.1, 0.15) is 102 Å². The quantitative estimate of drug-likeness (QED) is 0.174. The molecule has 0 bridgehead atoms. The highest BCUT2D eigenvalue weighted by Crippen LogP contribution is 2.20. The second-order valence-corrected chi connectivity index (χ2v) is 9.28. The van der Waals surface area contributed by atoms with Crippen molar-refractivity contribution in [2.24, 2.45) is 0 Å². The molecule has 2 aromatic rings. The average Bonchev–Trinajstić information content (AvgIpc) is 2.87. The highest BCUT2D eigenvalue weighted by Gasteiger charge is 2.02. The molecule has 1 heterocycles. The van der Waals surface area contributed by atoms with Crippen LogP contribution < -0.4 is 0 Å². The van der Waals surface area contributed by atoms with Crippen LogP contribution in [0.2, 0.25) is 0 Å². The minimum absolute atomic E-state index is 0.702. The fourth-order valence-electron chi connectivity index (χ4n) is 4.16. The number of hydrogen-bond acceptors (Lipinski definition) is 4. The van der Waals surface area contributed by atoms with Crippen molar-refractivity contribution in [2.45, 2.75) is 104 Å². The second kappa shape index (κ2) is 19.5. The van der Waals surface area contributed by atoms with Crippen molar-refractivity contribution in [3.63, 3.8) is 0 Å². The Labute approximate surface area is 208 Å². The average molecular weight is 469 g/mol. The van der Waals surface area contributed by atoms with Gasteiger partial charge >= 0.3 is 0 Å². The molecule has 190 valence electrons. The molecule has 4 nitrogen and oxygen atoms in total. The molecule has 0 N–H and O–H groups in total. The van der Waals surface area contributed by atoms with Crippen molar-refractivity contribution in [3.05, 3.63) is 48.0 Å². The van der Waals surface area contributed by atoms with Gasteiger partial charge in [0.25, 0.3) is 0 Å². The molecule has 0 unspecified atom stereocenters. The summed E-state index contributed by atoms with van der Waals surface area (Å²) >= 11 is 0. The highest BCUT2D eigenvalue weighted by atomic mass is 16.5. The molecule has 0 saturated carbocycles. The van der Waals surface area contributed by atoms with Gasteiger partial charge in [-0.15, -0.1) is 0 Å². The van der Waals surface area contributed by atoms with E-state index in [1.54, 1.807) is 0 Å². The van der Waals surface area contributed by atoms with Gasteiger partial charge in [0.05, 0.1) is 13.2 Å². The lowest BCUT2D eigenvalue weighted by Gasteiger charge is -2.06. The molecule has 0 atom stereocenters. The monoisotopic (exact) mass is 468 g/mol. The molecule has 1 aromatic carbocycles. The molecular weight excluding hydrogens is 420 g/mol. The summed E-state index contributed by atoms with van der Waals surface area (Å²) in [5, 5.41) is 0. The molecule has 34 heavy (non-hydrogen) atoms. The molecule has 2 rings (SSSR count). The summed E-state index contributed by atoms with van der Waals surface area (Å²) in [6.07, 6.45) is 21.7. The van der Waals surface area contributed by atoms with Gasteiger partial charge in [0, 0.05) is 37.6 Å². The van der Waals surface area contributed by atoms with Crippen LogP contribution in [0, 0.1) is 0 Å². The first-order valence-corrected chi connectivity index (χ1v) is 13.9. The fourth-order valence-corrected chi connectivity index (χ4v) is 4.16. The summed E-state index contributed by atoms with van der Waals surface area (Å²) < 4.78 is 10.8.